The van der Waals surface area contributed by atoms with E-state index in [1.807, 2.05) is 36.4 Å². The molecule has 0 saturated carbocycles. The van der Waals surface area contributed by atoms with Crippen molar-refractivity contribution in [3.8, 4) is 5.75 Å². The molecule has 0 aliphatic carbocycles. The second-order valence-corrected chi connectivity index (χ2v) is 10.1. The molecule has 0 bridgehead atoms. The van der Waals surface area contributed by atoms with Gasteiger partial charge in [0.15, 0.2) is 0 Å². The largest absolute Gasteiger partial charge is 0.421 e. The van der Waals surface area contributed by atoms with Crippen molar-refractivity contribution >= 4 is 39.5 Å². The molecule has 0 radical (unpaired) electrons. The van der Waals surface area contributed by atoms with E-state index >= 15 is 0 Å². The Morgan fingerprint density at radius 2 is 1.40 bits per heavy atom. The molecular weight excluding hydrogens is 527 g/mol. The van der Waals surface area contributed by atoms with Crippen LogP contribution >= 0.6 is 28.0 Å². The molecule has 0 saturated heterocycles. The van der Waals surface area contributed by atoms with Gasteiger partial charge >= 0.3 is 0 Å². The van der Waals surface area contributed by atoms with Gasteiger partial charge in [-0.2, -0.15) is 0 Å². The summed E-state index contributed by atoms with van der Waals surface area (Å²) >= 11 is 4.29. The van der Waals surface area contributed by atoms with Crippen LogP contribution in [0.15, 0.2) is 106 Å². The van der Waals surface area contributed by atoms with Crippen LogP contribution in [0.2, 0.25) is 0 Å². The van der Waals surface area contributed by atoms with E-state index in [2.05, 4.69) is 48.0 Å². The molecule has 0 aliphatic rings. The zero-order chi connectivity index (χ0) is 25.0. The monoisotopic (exact) mass is 548 g/mol. The van der Waals surface area contributed by atoms with E-state index in [9.17, 15) is 14.0 Å². The fraction of sp³-hybridized carbons (Fsp3) is 0.103. The summed E-state index contributed by atoms with van der Waals surface area (Å²) in [4.78, 5) is 26.1. The third-order valence-corrected chi connectivity index (χ3v) is 7.21. The average molecular weight is 549 g/mol. The molecule has 4 aromatic rings. The van der Waals surface area contributed by atoms with Crippen LogP contribution in [-0.4, -0.2) is 11.6 Å². The van der Waals surface area contributed by atoms with E-state index in [0.717, 1.165) is 16.5 Å². The van der Waals surface area contributed by atoms with Crippen LogP contribution in [0.4, 0.5) is 4.39 Å². The highest BCUT2D eigenvalue weighted by molar-refractivity contribution is 9.10. The predicted molar refractivity (Wildman–Crippen MR) is 141 cm³/mol. The summed E-state index contributed by atoms with van der Waals surface area (Å²) < 4.78 is 19.5. The lowest BCUT2D eigenvalue weighted by molar-refractivity contribution is 0.0817. The average Bonchev–Trinajstić information content (AvgIpc) is 2.89. The minimum absolute atomic E-state index is 0.122. The van der Waals surface area contributed by atoms with Crippen LogP contribution in [0.3, 0.4) is 0 Å². The normalized spacial score (nSPS) is 11.2. The Morgan fingerprint density at radius 3 is 2.09 bits per heavy atom. The molecule has 0 aliphatic heterocycles. The highest BCUT2D eigenvalue weighted by Crippen LogP contribution is 2.38. The summed E-state index contributed by atoms with van der Waals surface area (Å²) in [5.74, 6) is -1.32. The van der Waals surface area contributed by atoms with Crippen LogP contribution in [0.1, 0.15) is 45.7 Å². The Labute approximate surface area is 216 Å². The number of rotatable bonds is 8. The van der Waals surface area contributed by atoms with Gasteiger partial charge in [0.2, 0.25) is 11.6 Å². The van der Waals surface area contributed by atoms with E-state index in [-0.39, 0.29) is 21.0 Å². The summed E-state index contributed by atoms with van der Waals surface area (Å²) in [6.07, 6.45) is 0. The molecule has 4 aromatic carbocycles. The molecular formula is C29H22BrFO3S. The van der Waals surface area contributed by atoms with Gasteiger partial charge in [0.1, 0.15) is 11.6 Å². The predicted octanol–water partition coefficient (Wildman–Crippen LogP) is 8.07. The zero-order valence-corrected chi connectivity index (χ0v) is 21.5. The Balaban J connectivity index is 1.47. The number of carbonyl (C=O) groups excluding carboxylic acids is 2. The Kier molecular flexibility index (Phi) is 7.53. The second-order valence-electron chi connectivity index (χ2n) is 8.47. The zero-order valence-electron chi connectivity index (χ0n) is 19.1. The quantitative estimate of drug-likeness (QED) is 0.127. The van der Waals surface area contributed by atoms with E-state index < -0.39 is 17.4 Å². The number of benzene rings is 4. The molecule has 0 unspecified atom stereocenters. The van der Waals surface area contributed by atoms with Crippen molar-refractivity contribution in [2.45, 2.75) is 24.2 Å². The standard InChI is InChI=1S/C29H22BrFO3S/c1-29(2,21-8-4-3-5-9-21)23-10-6-7-11-26(23)35-34-22-15-12-19(13-16-22)27(32)28(33)20-14-17-25(31)24(30)18-20/h3-18H,1-2H3. The maximum Gasteiger partial charge on any atom is 0.233 e. The molecule has 6 heteroatoms. The molecule has 0 atom stereocenters. The first-order chi connectivity index (χ1) is 16.8. The van der Waals surface area contributed by atoms with Crippen LogP contribution < -0.4 is 4.18 Å². The molecule has 0 spiro atoms. The molecule has 35 heavy (non-hydrogen) atoms. The summed E-state index contributed by atoms with van der Waals surface area (Å²) in [5.41, 5.74) is 2.48. The van der Waals surface area contributed by atoms with Gasteiger partial charge in [0.25, 0.3) is 0 Å². The maximum atomic E-state index is 13.4. The van der Waals surface area contributed by atoms with Crippen molar-refractivity contribution in [1.29, 1.82) is 0 Å². The molecule has 4 rings (SSSR count). The maximum absolute atomic E-state index is 13.4. The lowest BCUT2D eigenvalue weighted by atomic mass is 9.78. The molecule has 0 heterocycles. The van der Waals surface area contributed by atoms with Crippen LogP contribution in [0.25, 0.3) is 0 Å². The summed E-state index contributed by atoms with van der Waals surface area (Å²) in [7, 11) is 0. The topological polar surface area (TPSA) is 43.4 Å². The van der Waals surface area contributed by atoms with E-state index in [1.165, 1.54) is 29.7 Å². The molecule has 176 valence electrons. The third-order valence-electron chi connectivity index (χ3n) is 5.79. The number of Topliss-reactive ketones (excluding diaryl/α,β-unsaturated/α-hetero) is 2. The van der Waals surface area contributed by atoms with Gasteiger partial charge in [-0.05, 0) is 75.6 Å². The van der Waals surface area contributed by atoms with Crippen molar-refractivity contribution in [2.24, 2.45) is 0 Å². The lowest BCUT2D eigenvalue weighted by Gasteiger charge is -2.28. The molecule has 0 fully saturated rings. The van der Waals surface area contributed by atoms with Crippen LogP contribution in [-0.2, 0) is 5.41 Å². The van der Waals surface area contributed by atoms with Gasteiger partial charge in [-0.25, -0.2) is 4.39 Å². The van der Waals surface area contributed by atoms with Crippen molar-refractivity contribution in [1.82, 2.24) is 0 Å². The lowest BCUT2D eigenvalue weighted by Crippen LogP contribution is -2.19. The smallest absolute Gasteiger partial charge is 0.233 e. The van der Waals surface area contributed by atoms with Crippen LogP contribution in [0, 0.1) is 5.82 Å². The van der Waals surface area contributed by atoms with Gasteiger partial charge in [0, 0.05) is 16.5 Å². The highest BCUT2D eigenvalue weighted by Gasteiger charge is 2.26. The van der Waals surface area contributed by atoms with Gasteiger partial charge in [-0.1, -0.05) is 62.4 Å². The fourth-order valence-electron chi connectivity index (χ4n) is 3.72. The SMILES string of the molecule is CC(C)(c1ccccc1)c1ccccc1SOc1ccc(C(=O)C(=O)c2ccc(F)c(Br)c2)cc1. The Hall–Kier alpha value is -3.22. The van der Waals surface area contributed by atoms with Crippen molar-refractivity contribution < 1.29 is 18.2 Å². The minimum atomic E-state index is -0.703. The number of ketones is 2. The van der Waals surface area contributed by atoms with Gasteiger partial charge < -0.3 is 4.18 Å². The first kappa shape index (κ1) is 24.9. The van der Waals surface area contributed by atoms with E-state index in [4.69, 9.17) is 4.18 Å². The number of carbonyl (C=O) groups is 2. The summed E-state index contributed by atoms with van der Waals surface area (Å²) in [5, 5.41) is 0. The first-order valence-corrected chi connectivity index (χ1v) is 12.4. The molecule has 0 aromatic heterocycles. The van der Waals surface area contributed by atoms with Crippen molar-refractivity contribution in [2.75, 3.05) is 0 Å². The minimum Gasteiger partial charge on any atom is -0.421 e. The first-order valence-electron chi connectivity index (χ1n) is 10.9. The van der Waals surface area contributed by atoms with Crippen LogP contribution in [0.5, 0.6) is 5.75 Å². The fourth-order valence-corrected chi connectivity index (χ4v) is 4.94. The Bertz CT molecular complexity index is 1370. The van der Waals surface area contributed by atoms with Crippen molar-refractivity contribution in [3.05, 3.63) is 130 Å². The molecule has 3 nitrogen and oxygen atoms in total. The molecule has 0 amide bonds. The van der Waals surface area contributed by atoms with Gasteiger partial charge in [-0.15, -0.1) is 0 Å². The second kappa shape index (κ2) is 10.6. The van der Waals surface area contributed by atoms with Gasteiger partial charge in [-0.3, -0.25) is 9.59 Å². The Morgan fingerprint density at radius 1 is 0.800 bits per heavy atom. The van der Waals surface area contributed by atoms with Crippen molar-refractivity contribution in [3.63, 3.8) is 0 Å². The third kappa shape index (κ3) is 5.55. The van der Waals surface area contributed by atoms with E-state index in [1.54, 1.807) is 24.3 Å². The molecule has 0 N–H and O–H groups in total. The summed E-state index contributed by atoms with van der Waals surface area (Å²) in [6.45, 7) is 4.36. The number of hydrogen-bond acceptors (Lipinski definition) is 4. The van der Waals surface area contributed by atoms with Gasteiger partial charge in [0.05, 0.1) is 21.4 Å². The highest BCUT2D eigenvalue weighted by atomic mass is 79.9. The number of halogens is 2. The van der Waals surface area contributed by atoms with E-state index in [0.29, 0.717) is 5.75 Å². The number of hydrogen-bond donors (Lipinski definition) is 0. The summed E-state index contributed by atoms with van der Waals surface area (Å²) in [6, 6.07) is 28.5.